The summed E-state index contributed by atoms with van der Waals surface area (Å²) in [5.74, 6) is -5.95. The minimum Gasteiger partial charge on any atom is -0.374 e. The predicted octanol–water partition coefficient (Wildman–Crippen LogP) is 3.51. The number of carbonyl (C=O) groups excluding carboxylic acids is 1. The topological polar surface area (TPSA) is 107 Å². The molecule has 0 aliphatic carbocycles. The van der Waals surface area contributed by atoms with Gasteiger partial charge in [-0.05, 0) is 42.3 Å². The van der Waals surface area contributed by atoms with Crippen LogP contribution in [0.5, 0.6) is 0 Å². The van der Waals surface area contributed by atoms with Gasteiger partial charge in [0.2, 0.25) is 0 Å². The van der Waals surface area contributed by atoms with Crippen molar-refractivity contribution >= 4 is 21.4 Å². The lowest BCUT2D eigenvalue weighted by molar-refractivity contribution is -0.138. The SMILES string of the molecule is CCCS(=O)(=O)CC(O)(C(=O)Nc1ccc(C#N)c(C(F)(F)F)c1)c1ccc(F)c(F)c1. The van der Waals surface area contributed by atoms with Gasteiger partial charge in [0.25, 0.3) is 5.91 Å². The highest BCUT2D eigenvalue weighted by atomic mass is 32.2. The number of amides is 1. The Bertz CT molecular complexity index is 1180. The van der Waals surface area contributed by atoms with E-state index in [1.165, 1.54) is 13.0 Å². The van der Waals surface area contributed by atoms with E-state index in [1.54, 1.807) is 0 Å². The van der Waals surface area contributed by atoms with E-state index < -0.39 is 73.0 Å². The summed E-state index contributed by atoms with van der Waals surface area (Å²) in [6, 6.07) is 5.30. The molecule has 6 nitrogen and oxygen atoms in total. The van der Waals surface area contributed by atoms with Crippen LogP contribution in [-0.4, -0.2) is 30.9 Å². The molecule has 172 valence electrons. The Morgan fingerprint density at radius 2 is 1.78 bits per heavy atom. The standard InChI is InChI=1S/C20H17F5N2O4S/c1-2-7-32(30,31)11-19(29,13-4-6-16(21)17(22)8-13)18(28)27-14-5-3-12(10-26)15(9-14)20(23,24)25/h3-6,8-9,29H,2,7,11H2,1H3,(H,27,28). The Kier molecular flexibility index (Phi) is 7.26. The Labute approximate surface area is 180 Å². The van der Waals surface area contributed by atoms with Crippen LogP contribution in [0, 0.1) is 23.0 Å². The molecule has 0 fully saturated rings. The fourth-order valence-electron chi connectivity index (χ4n) is 2.92. The van der Waals surface area contributed by atoms with Crippen molar-refractivity contribution in [1.29, 1.82) is 5.26 Å². The van der Waals surface area contributed by atoms with Gasteiger partial charge in [-0.3, -0.25) is 4.79 Å². The van der Waals surface area contributed by atoms with Gasteiger partial charge in [-0.25, -0.2) is 17.2 Å². The van der Waals surface area contributed by atoms with Gasteiger partial charge < -0.3 is 10.4 Å². The number of halogens is 5. The molecule has 0 heterocycles. The molecule has 0 aromatic heterocycles. The van der Waals surface area contributed by atoms with Gasteiger partial charge in [0.05, 0.1) is 28.7 Å². The van der Waals surface area contributed by atoms with E-state index in [2.05, 4.69) is 0 Å². The molecule has 1 atom stereocenters. The molecule has 1 amide bonds. The van der Waals surface area contributed by atoms with Gasteiger partial charge in [-0.15, -0.1) is 0 Å². The minimum atomic E-state index is -4.94. The third kappa shape index (κ3) is 5.60. The van der Waals surface area contributed by atoms with Crippen molar-refractivity contribution in [3.05, 3.63) is 64.7 Å². The molecule has 2 N–H and O–H groups in total. The highest BCUT2D eigenvalue weighted by Gasteiger charge is 2.43. The van der Waals surface area contributed by atoms with Crippen LogP contribution in [0.2, 0.25) is 0 Å². The van der Waals surface area contributed by atoms with E-state index in [9.17, 15) is 40.3 Å². The number of anilines is 1. The van der Waals surface area contributed by atoms with Crippen molar-refractivity contribution in [3.8, 4) is 6.07 Å². The molecule has 0 saturated carbocycles. The second kappa shape index (κ2) is 9.22. The zero-order chi connectivity index (χ0) is 24.3. The van der Waals surface area contributed by atoms with Crippen LogP contribution in [0.1, 0.15) is 30.0 Å². The van der Waals surface area contributed by atoms with E-state index in [1.807, 2.05) is 5.32 Å². The number of nitriles is 1. The van der Waals surface area contributed by atoms with E-state index in [0.717, 1.165) is 18.2 Å². The lowest BCUT2D eigenvalue weighted by atomic mass is 9.94. The number of hydrogen-bond donors (Lipinski definition) is 2. The second-order valence-corrected chi connectivity index (χ2v) is 9.09. The van der Waals surface area contributed by atoms with Crippen molar-refractivity contribution in [2.45, 2.75) is 25.1 Å². The van der Waals surface area contributed by atoms with Gasteiger partial charge in [-0.2, -0.15) is 18.4 Å². The Hall–Kier alpha value is -3.04. The Balaban J connectivity index is 2.54. The van der Waals surface area contributed by atoms with Crippen LogP contribution < -0.4 is 5.32 Å². The molecule has 32 heavy (non-hydrogen) atoms. The average molecular weight is 476 g/mol. The van der Waals surface area contributed by atoms with Gasteiger partial charge in [0, 0.05) is 5.69 Å². The van der Waals surface area contributed by atoms with Crippen LogP contribution in [0.25, 0.3) is 0 Å². The molecule has 0 spiro atoms. The number of benzene rings is 2. The lowest BCUT2D eigenvalue weighted by Crippen LogP contribution is -2.46. The maximum Gasteiger partial charge on any atom is 0.417 e. The summed E-state index contributed by atoms with van der Waals surface area (Å²) in [4.78, 5) is 12.8. The number of aliphatic hydroxyl groups is 1. The first-order valence-electron chi connectivity index (χ1n) is 9.04. The zero-order valence-corrected chi connectivity index (χ0v) is 17.3. The molecule has 12 heteroatoms. The maximum absolute atomic E-state index is 13.7. The third-order valence-electron chi connectivity index (χ3n) is 4.42. The van der Waals surface area contributed by atoms with Gasteiger partial charge >= 0.3 is 6.18 Å². The van der Waals surface area contributed by atoms with Gasteiger partial charge in [0.15, 0.2) is 27.1 Å². The van der Waals surface area contributed by atoms with Crippen LogP contribution in [0.4, 0.5) is 27.6 Å². The van der Waals surface area contributed by atoms with Crippen molar-refractivity contribution in [2.75, 3.05) is 16.8 Å². The Morgan fingerprint density at radius 1 is 1.12 bits per heavy atom. The monoisotopic (exact) mass is 476 g/mol. The number of hydrogen-bond acceptors (Lipinski definition) is 5. The molecule has 1 unspecified atom stereocenters. The zero-order valence-electron chi connectivity index (χ0n) is 16.5. The average Bonchev–Trinajstić information content (AvgIpc) is 2.68. The fourth-order valence-corrected chi connectivity index (χ4v) is 4.62. The lowest BCUT2D eigenvalue weighted by Gasteiger charge is -2.27. The van der Waals surface area contributed by atoms with Crippen LogP contribution in [0.3, 0.4) is 0 Å². The first kappa shape index (κ1) is 25.2. The molecule has 0 aliphatic rings. The first-order valence-corrected chi connectivity index (χ1v) is 10.9. The predicted molar refractivity (Wildman–Crippen MR) is 104 cm³/mol. The van der Waals surface area contributed by atoms with E-state index in [4.69, 9.17) is 5.26 Å². The maximum atomic E-state index is 13.7. The van der Waals surface area contributed by atoms with Crippen molar-refractivity contribution in [3.63, 3.8) is 0 Å². The van der Waals surface area contributed by atoms with Crippen LogP contribution in [0.15, 0.2) is 36.4 Å². The minimum absolute atomic E-state index is 0.127. The largest absolute Gasteiger partial charge is 0.417 e. The molecule has 2 aromatic carbocycles. The molecule has 0 aliphatic heterocycles. The molecule has 0 bridgehead atoms. The summed E-state index contributed by atoms with van der Waals surface area (Å²) in [5.41, 5.74) is -6.16. The van der Waals surface area contributed by atoms with Crippen LogP contribution >= 0.6 is 0 Å². The number of nitrogens with one attached hydrogen (secondary N) is 1. The summed E-state index contributed by atoms with van der Waals surface area (Å²) in [6.07, 6.45) is -4.81. The first-order chi connectivity index (χ1) is 14.7. The molecule has 2 rings (SSSR count). The van der Waals surface area contributed by atoms with E-state index >= 15 is 0 Å². The number of rotatable bonds is 7. The quantitative estimate of drug-likeness (QED) is 0.595. The normalized spacial score (nSPS) is 13.8. The number of carbonyl (C=O) groups is 1. The summed E-state index contributed by atoms with van der Waals surface area (Å²) in [6.45, 7) is 1.52. The fraction of sp³-hybridized carbons (Fsp3) is 0.300. The Morgan fingerprint density at radius 3 is 2.31 bits per heavy atom. The summed E-state index contributed by atoms with van der Waals surface area (Å²) < 4.78 is 91.2. The van der Waals surface area contributed by atoms with E-state index in [-0.39, 0.29) is 6.42 Å². The number of sulfone groups is 1. The van der Waals surface area contributed by atoms with Crippen molar-refractivity contribution in [1.82, 2.24) is 0 Å². The number of alkyl halides is 3. The molecular formula is C20H17F5N2O4S. The van der Waals surface area contributed by atoms with E-state index in [0.29, 0.717) is 18.2 Å². The summed E-state index contributed by atoms with van der Waals surface area (Å²) >= 11 is 0. The number of nitrogens with zero attached hydrogens (tertiary/aromatic N) is 1. The molecule has 0 radical (unpaired) electrons. The highest BCUT2D eigenvalue weighted by Crippen LogP contribution is 2.34. The summed E-state index contributed by atoms with van der Waals surface area (Å²) in [7, 11) is -4.09. The molecule has 0 saturated heterocycles. The molecular weight excluding hydrogens is 459 g/mol. The third-order valence-corrected chi connectivity index (χ3v) is 6.31. The van der Waals surface area contributed by atoms with Crippen molar-refractivity contribution < 1.29 is 40.3 Å². The smallest absolute Gasteiger partial charge is 0.374 e. The highest BCUT2D eigenvalue weighted by molar-refractivity contribution is 7.91. The molecule has 2 aromatic rings. The van der Waals surface area contributed by atoms with Gasteiger partial charge in [0.1, 0.15) is 0 Å². The summed E-state index contributed by atoms with van der Waals surface area (Å²) in [5, 5.41) is 21.8. The van der Waals surface area contributed by atoms with Gasteiger partial charge in [-0.1, -0.05) is 13.0 Å². The van der Waals surface area contributed by atoms with Crippen LogP contribution in [-0.2, 0) is 26.4 Å². The second-order valence-electron chi connectivity index (χ2n) is 6.91. The van der Waals surface area contributed by atoms with Crippen molar-refractivity contribution in [2.24, 2.45) is 0 Å².